The van der Waals surface area contributed by atoms with Crippen LogP contribution in [0.3, 0.4) is 0 Å². The second-order valence-electron chi connectivity index (χ2n) is 3.99. The van der Waals surface area contributed by atoms with Gasteiger partial charge in [-0.25, -0.2) is 9.78 Å². The van der Waals surface area contributed by atoms with Crippen LogP contribution in [0.25, 0.3) is 0 Å². The molecule has 4 nitrogen and oxygen atoms in total. The van der Waals surface area contributed by atoms with E-state index in [-0.39, 0.29) is 6.61 Å². The van der Waals surface area contributed by atoms with Crippen molar-refractivity contribution in [3.8, 4) is 0 Å². The molecule has 0 unspecified atom stereocenters. The van der Waals surface area contributed by atoms with Crippen molar-refractivity contribution in [3.05, 3.63) is 58.2 Å². The molecule has 0 bridgehead atoms. The third-order valence-electron chi connectivity index (χ3n) is 2.50. The highest BCUT2D eigenvalue weighted by atomic mass is 79.9. The number of anilines is 1. The fraction of sp³-hybridized carbons (Fsp3) is 0.143. The minimum Gasteiger partial charge on any atom is -0.444 e. The molecule has 1 heterocycles. The number of hydrogen-bond donors (Lipinski definition) is 1. The fourth-order valence-electron chi connectivity index (χ4n) is 1.49. The smallest absolute Gasteiger partial charge is 0.413 e. The van der Waals surface area contributed by atoms with Crippen LogP contribution < -0.4 is 5.32 Å². The van der Waals surface area contributed by atoms with Crippen molar-refractivity contribution in [2.24, 2.45) is 0 Å². The van der Waals surface area contributed by atoms with E-state index in [0.29, 0.717) is 10.4 Å². The molecular formula is C14H13BrN2O2. The van der Waals surface area contributed by atoms with Crippen molar-refractivity contribution in [2.45, 2.75) is 13.5 Å². The Bertz CT molecular complexity index is 573. The van der Waals surface area contributed by atoms with Gasteiger partial charge in [-0.3, -0.25) is 5.32 Å². The third kappa shape index (κ3) is 4.06. The van der Waals surface area contributed by atoms with Gasteiger partial charge in [-0.1, -0.05) is 36.4 Å². The molecule has 1 aromatic carbocycles. The Labute approximate surface area is 119 Å². The van der Waals surface area contributed by atoms with E-state index in [1.807, 2.05) is 49.4 Å². The highest BCUT2D eigenvalue weighted by Crippen LogP contribution is 2.16. The summed E-state index contributed by atoms with van der Waals surface area (Å²) in [5.41, 5.74) is 1.82. The molecule has 0 aliphatic heterocycles. The molecule has 98 valence electrons. The van der Waals surface area contributed by atoms with Crippen molar-refractivity contribution in [2.75, 3.05) is 5.32 Å². The van der Waals surface area contributed by atoms with Gasteiger partial charge in [0.15, 0.2) is 0 Å². The van der Waals surface area contributed by atoms with E-state index < -0.39 is 6.09 Å². The lowest BCUT2D eigenvalue weighted by molar-refractivity contribution is 0.155. The Morgan fingerprint density at radius 1 is 1.26 bits per heavy atom. The maximum absolute atomic E-state index is 11.7. The normalized spacial score (nSPS) is 10.0. The molecule has 0 saturated heterocycles. The Kier molecular flexibility index (Phi) is 4.52. The topological polar surface area (TPSA) is 51.2 Å². The van der Waals surface area contributed by atoms with E-state index in [1.165, 1.54) is 0 Å². The summed E-state index contributed by atoms with van der Waals surface area (Å²) >= 11 is 3.26. The van der Waals surface area contributed by atoms with Crippen molar-refractivity contribution in [1.82, 2.24) is 4.98 Å². The van der Waals surface area contributed by atoms with Gasteiger partial charge in [0.2, 0.25) is 0 Å². The molecule has 1 amide bonds. The number of amides is 1. The molecule has 0 aliphatic rings. The van der Waals surface area contributed by atoms with Crippen LogP contribution in [-0.2, 0) is 11.3 Å². The zero-order valence-corrected chi connectivity index (χ0v) is 12.0. The Hall–Kier alpha value is -1.88. The molecule has 0 atom stereocenters. The molecule has 0 spiro atoms. The van der Waals surface area contributed by atoms with Crippen LogP contribution in [0, 0.1) is 6.92 Å². The quantitative estimate of drug-likeness (QED) is 0.872. The SMILES string of the molecule is Cc1ccc(Br)nc1NC(=O)OCc1ccccc1. The molecule has 0 radical (unpaired) electrons. The van der Waals surface area contributed by atoms with Crippen LogP contribution in [0.2, 0.25) is 0 Å². The molecule has 0 fully saturated rings. The fourth-order valence-corrected chi connectivity index (χ4v) is 1.80. The van der Waals surface area contributed by atoms with Crippen LogP contribution in [0.1, 0.15) is 11.1 Å². The minimum absolute atomic E-state index is 0.236. The number of carbonyl (C=O) groups excluding carboxylic acids is 1. The number of pyridine rings is 1. The number of nitrogens with one attached hydrogen (secondary N) is 1. The number of hydrogen-bond acceptors (Lipinski definition) is 3. The van der Waals surface area contributed by atoms with Crippen molar-refractivity contribution >= 4 is 27.8 Å². The molecule has 2 aromatic rings. The molecule has 0 aliphatic carbocycles. The number of halogens is 1. The van der Waals surface area contributed by atoms with Crippen LogP contribution in [0.5, 0.6) is 0 Å². The summed E-state index contributed by atoms with van der Waals surface area (Å²) in [7, 11) is 0. The molecular weight excluding hydrogens is 308 g/mol. The monoisotopic (exact) mass is 320 g/mol. The summed E-state index contributed by atoms with van der Waals surface area (Å²) in [6.07, 6.45) is -0.516. The zero-order chi connectivity index (χ0) is 13.7. The Morgan fingerprint density at radius 3 is 2.74 bits per heavy atom. The van der Waals surface area contributed by atoms with Crippen molar-refractivity contribution in [1.29, 1.82) is 0 Å². The second-order valence-corrected chi connectivity index (χ2v) is 4.80. The molecule has 1 N–H and O–H groups in total. The number of rotatable bonds is 3. The van der Waals surface area contributed by atoms with E-state index in [1.54, 1.807) is 0 Å². The summed E-state index contributed by atoms with van der Waals surface area (Å²) in [6, 6.07) is 13.2. The highest BCUT2D eigenvalue weighted by Gasteiger charge is 2.07. The van der Waals surface area contributed by atoms with Gasteiger partial charge in [-0.05, 0) is 40.0 Å². The lowest BCUT2D eigenvalue weighted by atomic mass is 10.2. The molecule has 1 aromatic heterocycles. The van der Waals surface area contributed by atoms with E-state index in [9.17, 15) is 4.79 Å². The predicted octanol–water partition coefficient (Wildman–Crippen LogP) is 3.90. The van der Waals surface area contributed by atoms with E-state index in [0.717, 1.165) is 11.1 Å². The Balaban J connectivity index is 1.93. The standard InChI is InChI=1S/C14H13BrN2O2/c1-10-7-8-12(15)16-13(10)17-14(18)19-9-11-5-3-2-4-6-11/h2-8H,9H2,1H3,(H,16,17,18). The summed E-state index contributed by atoms with van der Waals surface area (Å²) in [4.78, 5) is 15.8. The lowest BCUT2D eigenvalue weighted by Gasteiger charge is -2.08. The number of nitrogens with zero attached hydrogens (tertiary/aromatic N) is 1. The van der Waals surface area contributed by atoms with Crippen LogP contribution in [0.15, 0.2) is 47.1 Å². The van der Waals surface area contributed by atoms with Gasteiger partial charge in [0.1, 0.15) is 17.0 Å². The first-order valence-electron chi connectivity index (χ1n) is 5.76. The van der Waals surface area contributed by atoms with Gasteiger partial charge in [0.05, 0.1) is 0 Å². The number of aryl methyl sites for hydroxylation is 1. The minimum atomic E-state index is -0.516. The summed E-state index contributed by atoms with van der Waals surface area (Å²) in [5, 5.41) is 2.62. The maximum Gasteiger partial charge on any atom is 0.413 e. The van der Waals surface area contributed by atoms with Gasteiger partial charge in [-0.15, -0.1) is 0 Å². The van der Waals surface area contributed by atoms with Crippen molar-refractivity contribution in [3.63, 3.8) is 0 Å². The largest absolute Gasteiger partial charge is 0.444 e. The molecule has 19 heavy (non-hydrogen) atoms. The van der Waals surface area contributed by atoms with Crippen LogP contribution in [-0.4, -0.2) is 11.1 Å². The van der Waals surface area contributed by atoms with Gasteiger partial charge in [0, 0.05) is 0 Å². The summed E-state index contributed by atoms with van der Waals surface area (Å²) in [5.74, 6) is 0.493. The first-order valence-corrected chi connectivity index (χ1v) is 6.55. The molecule has 0 saturated carbocycles. The first kappa shape index (κ1) is 13.5. The lowest BCUT2D eigenvalue weighted by Crippen LogP contribution is -2.15. The van der Waals surface area contributed by atoms with E-state index in [4.69, 9.17) is 4.74 Å². The average molecular weight is 321 g/mol. The van der Waals surface area contributed by atoms with Gasteiger partial charge < -0.3 is 4.74 Å². The first-order chi connectivity index (χ1) is 9.15. The van der Waals surface area contributed by atoms with Crippen LogP contribution >= 0.6 is 15.9 Å². The second kappa shape index (κ2) is 6.33. The number of carbonyl (C=O) groups is 1. The Morgan fingerprint density at radius 2 is 2.00 bits per heavy atom. The third-order valence-corrected chi connectivity index (χ3v) is 2.94. The highest BCUT2D eigenvalue weighted by molar-refractivity contribution is 9.10. The van der Waals surface area contributed by atoms with Crippen molar-refractivity contribution < 1.29 is 9.53 Å². The van der Waals surface area contributed by atoms with E-state index >= 15 is 0 Å². The number of aromatic nitrogens is 1. The van der Waals surface area contributed by atoms with Gasteiger partial charge in [-0.2, -0.15) is 0 Å². The zero-order valence-electron chi connectivity index (χ0n) is 10.4. The van der Waals surface area contributed by atoms with Crippen LogP contribution in [0.4, 0.5) is 10.6 Å². The van der Waals surface area contributed by atoms with E-state index in [2.05, 4.69) is 26.2 Å². The maximum atomic E-state index is 11.7. The predicted molar refractivity (Wildman–Crippen MR) is 76.9 cm³/mol. The van der Waals surface area contributed by atoms with Gasteiger partial charge >= 0.3 is 6.09 Å². The molecule has 5 heteroatoms. The number of benzene rings is 1. The molecule has 2 rings (SSSR count). The van der Waals surface area contributed by atoms with Gasteiger partial charge in [0.25, 0.3) is 0 Å². The average Bonchev–Trinajstić information content (AvgIpc) is 2.42. The summed E-state index contributed by atoms with van der Waals surface area (Å²) < 4.78 is 5.78. The summed E-state index contributed by atoms with van der Waals surface area (Å²) in [6.45, 7) is 2.10. The number of ether oxygens (including phenoxy) is 1.